The first-order valence-electron chi connectivity index (χ1n) is 6.94. The van der Waals surface area contributed by atoms with E-state index in [2.05, 4.69) is 18.9 Å². The molecule has 0 aromatic heterocycles. The number of nitrogens with two attached hydrogens (primary N) is 1. The molecule has 104 valence electrons. The molecule has 2 unspecified atom stereocenters. The minimum Gasteiger partial charge on any atom is -0.467 e. The normalized spacial score (nSPS) is 25.0. The van der Waals surface area contributed by atoms with E-state index in [1.807, 2.05) is 12.1 Å². The van der Waals surface area contributed by atoms with Crippen molar-refractivity contribution in [1.29, 1.82) is 0 Å². The molecule has 4 nitrogen and oxygen atoms in total. The molecule has 1 heterocycles. The number of rotatable bonds is 4. The standard InChI is InChI=1S/C15H22N2O2/c1-10-3-11(10)6-17(2)7-12-4-14(16)5-13-8-18-9-19-15(12)13/h4-5,10-11H,3,6-9,16H2,1-2H3. The summed E-state index contributed by atoms with van der Waals surface area (Å²) in [6, 6.07) is 3.97. The molecule has 1 saturated carbocycles. The van der Waals surface area contributed by atoms with Crippen molar-refractivity contribution in [3.8, 4) is 5.75 Å². The van der Waals surface area contributed by atoms with E-state index >= 15 is 0 Å². The summed E-state index contributed by atoms with van der Waals surface area (Å²) in [5.41, 5.74) is 8.99. The van der Waals surface area contributed by atoms with Crippen LogP contribution >= 0.6 is 0 Å². The summed E-state index contributed by atoms with van der Waals surface area (Å²) in [5, 5.41) is 0. The van der Waals surface area contributed by atoms with Gasteiger partial charge in [-0.1, -0.05) is 6.92 Å². The lowest BCUT2D eigenvalue weighted by Crippen LogP contribution is -2.23. The quantitative estimate of drug-likeness (QED) is 0.845. The summed E-state index contributed by atoms with van der Waals surface area (Å²) < 4.78 is 11.0. The maximum absolute atomic E-state index is 5.96. The predicted molar refractivity (Wildman–Crippen MR) is 74.7 cm³/mol. The molecule has 0 saturated heterocycles. The van der Waals surface area contributed by atoms with Crippen molar-refractivity contribution in [2.24, 2.45) is 11.8 Å². The third kappa shape index (κ3) is 2.85. The lowest BCUT2D eigenvalue weighted by Gasteiger charge is -2.24. The van der Waals surface area contributed by atoms with Crippen molar-refractivity contribution >= 4 is 5.69 Å². The largest absolute Gasteiger partial charge is 0.467 e. The monoisotopic (exact) mass is 262 g/mol. The van der Waals surface area contributed by atoms with Gasteiger partial charge in [-0.25, -0.2) is 0 Å². The summed E-state index contributed by atoms with van der Waals surface area (Å²) in [6.45, 7) is 5.29. The Morgan fingerprint density at radius 1 is 1.42 bits per heavy atom. The zero-order valence-electron chi connectivity index (χ0n) is 11.7. The molecule has 19 heavy (non-hydrogen) atoms. The highest BCUT2D eigenvalue weighted by atomic mass is 16.7. The van der Waals surface area contributed by atoms with Crippen molar-refractivity contribution in [1.82, 2.24) is 4.90 Å². The van der Waals surface area contributed by atoms with Gasteiger partial charge in [-0.3, -0.25) is 0 Å². The van der Waals surface area contributed by atoms with Gasteiger partial charge in [0.25, 0.3) is 0 Å². The van der Waals surface area contributed by atoms with E-state index in [4.69, 9.17) is 15.2 Å². The predicted octanol–water partition coefficient (Wildman–Crippen LogP) is 2.22. The first kappa shape index (κ1) is 12.8. The molecule has 0 amide bonds. The van der Waals surface area contributed by atoms with Gasteiger partial charge in [-0.15, -0.1) is 0 Å². The van der Waals surface area contributed by atoms with Crippen LogP contribution in [-0.2, 0) is 17.9 Å². The molecule has 2 N–H and O–H groups in total. The van der Waals surface area contributed by atoms with Gasteiger partial charge in [0, 0.05) is 29.9 Å². The molecule has 2 atom stereocenters. The molecule has 0 spiro atoms. The molecule has 1 fully saturated rings. The Hall–Kier alpha value is -1.26. The van der Waals surface area contributed by atoms with E-state index in [9.17, 15) is 0 Å². The second-order valence-corrected chi connectivity index (χ2v) is 5.95. The fourth-order valence-electron chi connectivity index (χ4n) is 2.85. The topological polar surface area (TPSA) is 47.7 Å². The van der Waals surface area contributed by atoms with Crippen LogP contribution in [0.5, 0.6) is 5.75 Å². The minimum atomic E-state index is 0.341. The van der Waals surface area contributed by atoms with E-state index in [1.54, 1.807) is 0 Å². The van der Waals surface area contributed by atoms with Crippen LogP contribution in [0.2, 0.25) is 0 Å². The van der Waals surface area contributed by atoms with E-state index in [0.717, 1.165) is 41.9 Å². The van der Waals surface area contributed by atoms with Crippen LogP contribution in [0.4, 0.5) is 5.69 Å². The lowest BCUT2D eigenvalue weighted by atomic mass is 10.1. The zero-order chi connectivity index (χ0) is 13.4. The number of hydrogen-bond acceptors (Lipinski definition) is 4. The van der Waals surface area contributed by atoms with Gasteiger partial charge in [-0.05, 0) is 37.4 Å². The van der Waals surface area contributed by atoms with Gasteiger partial charge in [0.05, 0.1) is 6.61 Å². The van der Waals surface area contributed by atoms with Crippen molar-refractivity contribution in [3.05, 3.63) is 23.3 Å². The molecule has 4 heteroatoms. The Morgan fingerprint density at radius 2 is 2.21 bits per heavy atom. The highest BCUT2D eigenvalue weighted by Crippen LogP contribution is 2.38. The Balaban J connectivity index is 1.74. The molecule has 0 bridgehead atoms. The van der Waals surface area contributed by atoms with Crippen LogP contribution in [0.3, 0.4) is 0 Å². The second kappa shape index (κ2) is 5.02. The molecular weight excluding hydrogens is 240 g/mol. The number of anilines is 1. The highest BCUT2D eigenvalue weighted by molar-refractivity contribution is 5.53. The zero-order valence-corrected chi connectivity index (χ0v) is 11.7. The number of nitrogen functional groups attached to an aromatic ring is 1. The smallest absolute Gasteiger partial charge is 0.189 e. The fraction of sp³-hybridized carbons (Fsp3) is 0.600. The minimum absolute atomic E-state index is 0.341. The number of fused-ring (bicyclic) bond motifs is 1. The van der Waals surface area contributed by atoms with Crippen molar-refractivity contribution < 1.29 is 9.47 Å². The van der Waals surface area contributed by atoms with Crippen LogP contribution in [-0.4, -0.2) is 25.3 Å². The van der Waals surface area contributed by atoms with E-state index in [1.165, 1.54) is 12.0 Å². The van der Waals surface area contributed by atoms with Gasteiger partial charge in [0.1, 0.15) is 5.75 Å². The third-order valence-electron chi connectivity index (χ3n) is 4.07. The van der Waals surface area contributed by atoms with Crippen molar-refractivity contribution in [2.45, 2.75) is 26.5 Å². The molecule has 1 aromatic carbocycles. The number of hydrogen-bond donors (Lipinski definition) is 1. The maximum Gasteiger partial charge on any atom is 0.189 e. The summed E-state index contributed by atoms with van der Waals surface area (Å²) >= 11 is 0. The van der Waals surface area contributed by atoms with Gasteiger partial charge in [-0.2, -0.15) is 0 Å². The molecule has 3 rings (SSSR count). The SMILES string of the molecule is CC1CC1CN(C)Cc1cc(N)cc2c1OCOC2. The fourth-order valence-corrected chi connectivity index (χ4v) is 2.85. The summed E-state index contributed by atoms with van der Waals surface area (Å²) in [4.78, 5) is 2.36. The van der Waals surface area contributed by atoms with E-state index in [0.29, 0.717) is 13.4 Å². The van der Waals surface area contributed by atoms with Crippen LogP contribution in [0.25, 0.3) is 0 Å². The second-order valence-electron chi connectivity index (χ2n) is 5.95. The Labute approximate surface area is 114 Å². The third-order valence-corrected chi connectivity index (χ3v) is 4.07. The Morgan fingerprint density at radius 3 is 2.95 bits per heavy atom. The average molecular weight is 262 g/mol. The summed E-state index contributed by atoms with van der Waals surface area (Å²) in [6.07, 6.45) is 1.36. The van der Waals surface area contributed by atoms with Gasteiger partial charge in [0.2, 0.25) is 0 Å². The molecule has 1 aliphatic carbocycles. The summed E-state index contributed by atoms with van der Waals surface area (Å²) in [7, 11) is 2.17. The molecule has 1 aliphatic heterocycles. The molecule has 0 radical (unpaired) electrons. The number of nitrogens with zero attached hydrogens (tertiary/aromatic N) is 1. The average Bonchev–Trinajstić information content (AvgIpc) is 3.04. The van der Waals surface area contributed by atoms with Crippen LogP contribution < -0.4 is 10.5 Å². The van der Waals surface area contributed by atoms with Crippen LogP contribution in [0.15, 0.2) is 12.1 Å². The Bertz CT molecular complexity index is 475. The van der Waals surface area contributed by atoms with Gasteiger partial charge >= 0.3 is 0 Å². The molecule has 1 aromatic rings. The van der Waals surface area contributed by atoms with E-state index in [-0.39, 0.29) is 0 Å². The van der Waals surface area contributed by atoms with Crippen molar-refractivity contribution in [2.75, 3.05) is 26.1 Å². The van der Waals surface area contributed by atoms with E-state index < -0.39 is 0 Å². The summed E-state index contributed by atoms with van der Waals surface area (Å²) in [5.74, 6) is 2.73. The maximum atomic E-state index is 5.96. The van der Waals surface area contributed by atoms with Crippen LogP contribution in [0.1, 0.15) is 24.5 Å². The van der Waals surface area contributed by atoms with Gasteiger partial charge < -0.3 is 20.1 Å². The number of benzene rings is 1. The highest BCUT2D eigenvalue weighted by Gasteiger charge is 2.33. The van der Waals surface area contributed by atoms with Crippen molar-refractivity contribution in [3.63, 3.8) is 0 Å². The first-order valence-corrected chi connectivity index (χ1v) is 6.94. The molecular formula is C15H22N2O2. The molecule has 2 aliphatic rings. The van der Waals surface area contributed by atoms with Gasteiger partial charge in [0.15, 0.2) is 6.79 Å². The van der Waals surface area contributed by atoms with Crippen LogP contribution in [0, 0.1) is 11.8 Å². The first-order chi connectivity index (χ1) is 9.13. The lowest BCUT2D eigenvalue weighted by molar-refractivity contribution is -0.0173. The Kier molecular flexibility index (Phi) is 3.37. The number of ether oxygens (including phenoxy) is 2.